The summed E-state index contributed by atoms with van der Waals surface area (Å²) in [5, 5.41) is 0. The highest BCUT2D eigenvalue weighted by molar-refractivity contribution is 5.21. The number of rotatable bonds is 3. The summed E-state index contributed by atoms with van der Waals surface area (Å²) in [7, 11) is 0. The van der Waals surface area contributed by atoms with Crippen LogP contribution in [0.4, 0.5) is 0 Å². The normalized spacial score (nSPS) is 25.3. The van der Waals surface area contributed by atoms with Crippen LogP contribution < -0.4 is 5.73 Å². The van der Waals surface area contributed by atoms with Crippen LogP contribution in [-0.2, 0) is 0 Å². The van der Waals surface area contributed by atoms with Crippen LogP contribution in [-0.4, -0.2) is 11.0 Å². The van der Waals surface area contributed by atoms with Crippen molar-refractivity contribution < 1.29 is 0 Å². The third-order valence-electron chi connectivity index (χ3n) is 5.25. The average Bonchev–Trinajstić information content (AvgIpc) is 2.69. The molecule has 1 aromatic rings. The van der Waals surface area contributed by atoms with Crippen molar-refractivity contribution >= 4 is 0 Å². The minimum Gasteiger partial charge on any atom is -0.327 e. The fourth-order valence-corrected chi connectivity index (χ4v) is 3.34. The molecule has 1 aliphatic rings. The van der Waals surface area contributed by atoms with Gasteiger partial charge in [0, 0.05) is 23.9 Å². The molecule has 1 aliphatic carbocycles. The van der Waals surface area contributed by atoms with E-state index in [0.717, 1.165) is 5.69 Å². The number of pyridine rings is 1. The second-order valence-corrected chi connectivity index (χ2v) is 6.54. The Morgan fingerprint density at radius 1 is 1.18 bits per heavy atom. The highest BCUT2D eigenvalue weighted by Crippen LogP contribution is 2.70. The van der Waals surface area contributed by atoms with Crippen LogP contribution in [0.2, 0.25) is 0 Å². The fourth-order valence-electron chi connectivity index (χ4n) is 3.34. The van der Waals surface area contributed by atoms with Crippen molar-refractivity contribution in [2.24, 2.45) is 22.5 Å². The predicted molar refractivity (Wildman–Crippen MR) is 71.7 cm³/mol. The lowest BCUT2D eigenvalue weighted by molar-refractivity contribution is 0.425. The van der Waals surface area contributed by atoms with Gasteiger partial charge in [-0.25, -0.2) is 0 Å². The van der Waals surface area contributed by atoms with E-state index in [4.69, 9.17) is 5.73 Å². The van der Waals surface area contributed by atoms with Crippen molar-refractivity contribution in [3.8, 4) is 0 Å². The molecular formula is C15H24N2. The van der Waals surface area contributed by atoms with Gasteiger partial charge in [0.25, 0.3) is 0 Å². The lowest BCUT2D eigenvalue weighted by Gasteiger charge is -2.21. The number of aromatic nitrogens is 1. The van der Waals surface area contributed by atoms with Gasteiger partial charge in [-0.2, -0.15) is 0 Å². The molecule has 0 spiro atoms. The van der Waals surface area contributed by atoms with Crippen molar-refractivity contribution in [3.05, 3.63) is 30.1 Å². The van der Waals surface area contributed by atoms with E-state index in [2.05, 4.69) is 45.7 Å². The molecule has 2 rings (SSSR count). The van der Waals surface area contributed by atoms with Crippen LogP contribution in [0.1, 0.15) is 46.2 Å². The van der Waals surface area contributed by atoms with Crippen molar-refractivity contribution in [2.45, 2.75) is 46.6 Å². The first kappa shape index (κ1) is 12.6. The third-order valence-corrected chi connectivity index (χ3v) is 5.25. The zero-order valence-electron chi connectivity index (χ0n) is 11.6. The average molecular weight is 232 g/mol. The molecule has 0 radical (unpaired) electrons. The maximum atomic E-state index is 6.47. The molecule has 0 amide bonds. The summed E-state index contributed by atoms with van der Waals surface area (Å²) < 4.78 is 0. The topological polar surface area (TPSA) is 38.9 Å². The Labute approximate surface area is 105 Å². The molecule has 1 saturated carbocycles. The van der Waals surface area contributed by atoms with Crippen LogP contribution in [0, 0.1) is 16.7 Å². The zero-order chi connectivity index (χ0) is 12.8. The molecule has 2 N–H and O–H groups in total. The molecule has 2 nitrogen and oxygen atoms in total. The monoisotopic (exact) mass is 232 g/mol. The van der Waals surface area contributed by atoms with Crippen LogP contribution in [0.15, 0.2) is 24.4 Å². The maximum absolute atomic E-state index is 6.47. The largest absolute Gasteiger partial charge is 0.327 e. The summed E-state index contributed by atoms with van der Waals surface area (Å²) in [5.41, 5.74) is 8.26. The van der Waals surface area contributed by atoms with Gasteiger partial charge in [-0.15, -0.1) is 0 Å². The standard InChI is InChI=1S/C15H24N2/c1-10(11-8-6-7-9-17-11)12(16)13-14(2,3)15(13,4)5/h6-10,12-13H,16H2,1-5H3. The fraction of sp³-hybridized carbons (Fsp3) is 0.667. The predicted octanol–water partition coefficient (Wildman–Crippen LogP) is 3.19. The molecule has 2 unspecified atom stereocenters. The summed E-state index contributed by atoms with van der Waals surface area (Å²) in [5.74, 6) is 0.897. The molecule has 0 aromatic carbocycles. The van der Waals surface area contributed by atoms with E-state index in [1.807, 2.05) is 18.3 Å². The first-order valence-electron chi connectivity index (χ1n) is 6.46. The molecule has 0 saturated heterocycles. The van der Waals surface area contributed by atoms with Crippen LogP contribution in [0.25, 0.3) is 0 Å². The number of hydrogen-bond donors (Lipinski definition) is 1. The molecule has 0 bridgehead atoms. The summed E-state index contributed by atoms with van der Waals surface area (Å²) in [6.45, 7) is 11.5. The first-order chi connectivity index (χ1) is 7.80. The van der Waals surface area contributed by atoms with Gasteiger partial charge >= 0.3 is 0 Å². The molecule has 0 aliphatic heterocycles. The second-order valence-electron chi connectivity index (χ2n) is 6.54. The molecule has 1 aromatic heterocycles. The molecule has 1 fully saturated rings. The highest BCUT2D eigenvalue weighted by atomic mass is 14.8. The Bertz CT molecular complexity index is 381. The minimum absolute atomic E-state index is 0.190. The smallest absolute Gasteiger partial charge is 0.0447 e. The second kappa shape index (κ2) is 3.81. The molecule has 2 heteroatoms. The molecule has 17 heavy (non-hydrogen) atoms. The van der Waals surface area contributed by atoms with E-state index in [9.17, 15) is 0 Å². The zero-order valence-corrected chi connectivity index (χ0v) is 11.6. The van der Waals surface area contributed by atoms with Gasteiger partial charge in [-0.05, 0) is 28.9 Å². The maximum Gasteiger partial charge on any atom is 0.0447 e. The number of nitrogens with two attached hydrogens (primary N) is 1. The summed E-state index contributed by atoms with van der Waals surface area (Å²) in [6.07, 6.45) is 1.85. The lowest BCUT2D eigenvalue weighted by Crippen LogP contribution is -2.32. The molecular weight excluding hydrogens is 208 g/mol. The Morgan fingerprint density at radius 2 is 1.76 bits per heavy atom. The van der Waals surface area contributed by atoms with Crippen molar-refractivity contribution in [1.82, 2.24) is 4.98 Å². The van der Waals surface area contributed by atoms with Crippen LogP contribution in [0.5, 0.6) is 0 Å². The van der Waals surface area contributed by atoms with E-state index in [0.29, 0.717) is 22.7 Å². The van der Waals surface area contributed by atoms with Gasteiger partial charge < -0.3 is 5.73 Å². The van der Waals surface area contributed by atoms with E-state index in [1.165, 1.54) is 0 Å². The van der Waals surface area contributed by atoms with Crippen molar-refractivity contribution in [2.75, 3.05) is 0 Å². The Morgan fingerprint density at radius 3 is 2.18 bits per heavy atom. The minimum atomic E-state index is 0.190. The highest BCUT2D eigenvalue weighted by Gasteiger charge is 2.67. The summed E-state index contributed by atoms with van der Waals surface area (Å²) in [4.78, 5) is 4.43. The van der Waals surface area contributed by atoms with Gasteiger partial charge in [0.15, 0.2) is 0 Å². The van der Waals surface area contributed by atoms with Gasteiger partial charge in [0.1, 0.15) is 0 Å². The van der Waals surface area contributed by atoms with E-state index >= 15 is 0 Å². The van der Waals surface area contributed by atoms with Gasteiger partial charge in [0.2, 0.25) is 0 Å². The van der Waals surface area contributed by atoms with Gasteiger partial charge in [-0.3, -0.25) is 4.98 Å². The summed E-state index contributed by atoms with van der Waals surface area (Å²) >= 11 is 0. The van der Waals surface area contributed by atoms with E-state index < -0.39 is 0 Å². The van der Waals surface area contributed by atoms with Gasteiger partial charge in [-0.1, -0.05) is 40.7 Å². The Balaban J connectivity index is 2.15. The quantitative estimate of drug-likeness (QED) is 0.869. The third kappa shape index (κ3) is 1.79. The number of hydrogen-bond acceptors (Lipinski definition) is 2. The van der Waals surface area contributed by atoms with Gasteiger partial charge in [0.05, 0.1) is 0 Å². The molecule has 2 atom stereocenters. The molecule has 94 valence electrons. The number of nitrogens with zero attached hydrogens (tertiary/aromatic N) is 1. The molecule has 1 heterocycles. The van der Waals surface area contributed by atoms with Crippen LogP contribution >= 0.6 is 0 Å². The lowest BCUT2D eigenvalue weighted by atomic mass is 9.90. The Kier molecular flexibility index (Phi) is 2.81. The van der Waals surface area contributed by atoms with E-state index in [-0.39, 0.29) is 6.04 Å². The first-order valence-corrected chi connectivity index (χ1v) is 6.46. The van der Waals surface area contributed by atoms with Crippen molar-refractivity contribution in [1.29, 1.82) is 0 Å². The van der Waals surface area contributed by atoms with E-state index in [1.54, 1.807) is 0 Å². The van der Waals surface area contributed by atoms with Crippen molar-refractivity contribution in [3.63, 3.8) is 0 Å². The SMILES string of the molecule is CC(c1ccccn1)C(N)C1C(C)(C)C1(C)C. The summed E-state index contributed by atoms with van der Waals surface area (Å²) in [6, 6.07) is 6.25. The van der Waals surface area contributed by atoms with Crippen LogP contribution in [0.3, 0.4) is 0 Å². The Hall–Kier alpha value is -0.890.